The largest absolute Gasteiger partial charge is 0.481 e. The van der Waals surface area contributed by atoms with Crippen molar-refractivity contribution in [2.45, 2.75) is 87.1 Å². The highest BCUT2D eigenvalue weighted by Crippen LogP contribution is 2.28. The first-order chi connectivity index (χ1) is 18.7. The number of aliphatic hydroxyl groups excluding tert-OH is 6. The molecule has 0 aromatic heterocycles. The number of unbranched alkanes of at least 4 members (excludes halogenated alkanes) is 1. The first kappa shape index (κ1) is 33.7. The molecule has 0 aromatic rings. The van der Waals surface area contributed by atoms with Crippen LogP contribution in [0.15, 0.2) is 0 Å². The number of carbonyl (C=O) groups is 4. The standard InChI is InChI=1S/C22H34O18/c23-11-9(5-7(17(29)30)18(31)32)39-21(15(27)13(11)25)37-3-1-2-4-38-22-16(28)14(26)12(24)10(40-22)6-8(19(33)34)20(35)36/h7-16,21-28H,1-6H2,(H,29,30)(H,31,32)(H,33,34)(H,35,36)/t9-,10-,11-,12-,13+,14+,15+,16+,21+,22+/m1/s1. The summed E-state index contributed by atoms with van der Waals surface area (Å²) >= 11 is 0. The van der Waals surface area contributed by atoms with E-state index in [2.05, 4.69) is 0 Å². The SMILES string of the molecule is O=C(O)C(C[C@H]1O[C@H](OCCCCO[C@H]2O[C@H](CC(C(=O)O)C(=O)O)[C@@H](O)[C@H](O)[C@@H]2O)[C@@H](O)[C@@H](O)[C@@H]1O)C(=O)O. The lowest BCUT2D eigenvalue weighted by Crippen LogP contribution is -2.59. The van der Waals surface area contributed by atoms with Gasteiger partial charge in [-0.25, -0.2) is 0 Å². The summed E-state index contributed by atoms with van der Waals surface area (Å²) in [6.07, 6.45) is -17.8. The highest BCUT2D eigenvalue weighted by Gasteiger charge is 2.47. The fraction of sp³-hybridized carbons (Fsp3) is 0.818. The van der Waals surface area contributed by atoms with Crippen LogP contribution in [0, 0.1) is 11.8 Å². The Morgan fingerprint density at radius 3 is 1.10 bits per heavy atom. The molecule has 18 nitrogen and oxygen atoms in total. The van der Waals surface area contributed by atoms with Gasteiger partial charge in [-0.1, -0.05) is 0 Å². The number of carboxylic acids is 4. The van der Waals surface area contributed by atoms with Crippen molar-refractivity contribution in [3.8, 4) is 0 Å². The van der Waals surface area contributed by atoms with Crippen LogP contribution in [0.25, 0.3) is 0 Å². The van der Waals surface area contributed by atoms with Gasteiger partial charge in [-0.2, -0.15) is 0 Å². The lowest BCUT2D eigenvalue weighted by Gasteiger charge is -2.41. The quantitative estimate of drug-likeness (QED) is 0.0641. The third-order valence-electron chi connectivity index (χ3n) is 6.57. The van der Waals surface area contributed by atoms with E-state index in [4.69, 9.17) is 39.4 Å². The predicted octanol–water partition coefficient (Wildman–Crippen LogP) is -4.23. The Kier molecular flexibility index (Phi) is 12.6. The smallest absolute Gasteiger partial charge is 0.317 e. The summed E-state index contributed by atoms with van der Waals surface area (Å²) in [5.41, 5.74) is 0. The summed E-state index contributed by atoms with van der Waals surface area (Å²) in [6, 6.07) is 0. The monoisotopic (exact) mass is 586 g/mol. The molecule has 0 bridgehead atoms. The molecular weight excluding hydrogens is 552 g/mol. The van der Waals surface area contributed by atoms with Gasteiger partial charge in [0.25, 0.3) is 0 Å². The van der Waals surface area contributed by atoms with Crippen LogP contribution < -0.4 is 0 Å². The van der Waals surface area contributed by atoms with Crippen molar-refractivity contribution >= 4 is 23.9 Å². The van der Waals surface area contributed by atoms with E-state index < -0.39 is 110 Å². The highest BCUT2D eigenvalue weighted by molar-refractivity contribution is 5.93. The van der Waals surface area contributed by atoms with Gasteiger partial charge in [0, 0.05) is 26.1 Å². The first-order valence-corrected chi connectivity index (χ1v) is 12.2. The van der Waals surface area contributed by atoms with Crippen LogP contribution in [0.3, 0.4) is 0 Å². The van der Waals surface area contributed by atoms with Crippen molar-refractivity contribution in [3.05, 3.63) is 0 Å². The Bertz CT molecular complexity index is 784. The Balaban J connectivity index is 1.84. The lowest BCUT2D eigenvalue weighted by atomic mass is 9.91. The van der Waals surface area contributed by atoms with Crippen molar-refractivity contribution in [2.24, 2.45) is 11.8 Å². The van der Waals surface area contributed by atoms with E-state index in [-0.39, 0.29) is 26.1 Å². The van der Waals surface area contributed by atoms with E-state index in [1.807, 2.05) is 0 Å². The molecule has 0 aromatic carbocycles. The second-order valence-electron chi connectivity index (χ2n) is 9.41. The van der Waals surface area contributed by atoms with Crippen molar-refractivity contribution in [2.75, 3.05) is 13.2 Å². The summed E-state index contributed by atoms with van der Waals surface area (Å²) in [6.45, 7) is -0.280. The summed E-state index contributed by atoms with van der Waals surface area (Å²) in [4.78, 5) is 44.6. The van der Waals surface area contributed by atoms with Gasteiger partial charge < -0.3 is 70.0 Å². The normalized spacial score (nSPS) is 34.6. The minimum Gasteiger partial charge on any atom is -0.481 e. The van der Waals surface area contributed by atoms with Gasteiger partial charge in [-0.3, -0.25) is 19.2 Å². The molecule has 2 saturated heterocycles. The molecule has 2 aliphatic rings. The van der Waals surface area contributed by atoms with Gasteiger partial charge in [0.2, 0.25) is 0 Å². The summed E-state index contributed by atoms with van der Waals surface area (Å²) in [5, 5.41) is 96.6. The van der Waals surface area contributed by atoms with E-state index in [1.54, 1.807) is 0 Å². The van der Waals surface area contributed by atoms with Crippen molar-refractivity contribution in [1.29, 1.82) is 0 Å². The average Bonchev–Trinajstić information content (AvgIpc) is 2.87. The van der Waals surface area contributed by atoms with Crippen LogP contribution in [0.2, 0.25) is 0 Å². The average molecular weight is 586 g/mol. The molecule has 2 aliphatic heterocycles. The lowest BCUT2D eigenvalue weighted by molar-refractivity contribution is -0.301. The number of hydrogen-bond donors (Lipinski definition) is 10. The van der Waals surface area contributed by atoms with Gasteiger partial charge in [0.15, 0.2) is 24.4 Å². The number of rotatable bonds is 15. The molecule has 0 unspecified atom stereocenters. The second kappa shape index (κ2) is 14.9. The second-order valence-corrected chi connectivity index (χ2v) is 9.41. The molecule has 2 fully saturated rings. The zero-order chi connectivity index (χ0) is 30.3. The maximum Gasteiger partial charge on any atom is 0.317 e. The first-order valence-electron chi connectivity index (χ1n) is 12.2. The minimum atomic E-state index is -1.95. The van der Waals surface area contributed by atoms with Crippen LogP contribution in [0.1, 0.15) is 25.7 Å². The van der Waals surface area contributed by atoms with Gasteiger partial charge in [-0.15, -0.1) is 0 Å². The molecule has 2 rings (SSSR count). The van der Waals surface area contributed by atoms with Crippen LogP contribution in [-0.4, -0.2) is 150 Å². The number of ether oxygens (including phenoxy) is 4. The third kappa shape index (κ3) is 8.49. The zero-order valence-electron chi connectivity index (χ0n) is 20.9. The number of aliphatic hydroxyl groups is 6. The number of carboxylic acid groups (broad SMARTS) is 4. The molecule has 0 aliphatic carbocycles. The van der Waals surface area contributed by atoms with E-state index >= 15 is 0 Å². The highest BCUT2D eigenvalue weighted by atomic mass is 16.7. The van der Waals surface area contributed by atoms with E-state index in [1.165, 1.54) is 0 Å². The van der Waals surface area contributed by atoms with E-state index in [0.717, 1.165) is 0 Å². The van der Waals surface area contributed by atoms with Crippen LogP contribution in [-0.2, 0) is 38.1 Å². The number of aliphatic carboxylic acids is 4. The van der Waals surface area contributed by atoms with Crippen LogP contribution in [0.4, 0.5) is 0 Å². The maximum absolute atomic E-state index is 11.1. The Morgan fingerprint density at radius 2 is 0.825 bits per heavy atom. The molecule has 230 valence electrons. The van der Waals surface area contributed by atoms with E-state index in [9.17, 15) is 49.8 Å². The van der Waals surface area contributed by atoms with Crippen LogP contribution in [0.5, 0.6) is 0 Å². The molecule has 2 heterocycles. The van der Waals surface area contributed by atoms with Gasteiger partial charge in [-0.05, 0) is 12.8 Å². The fourth-order valence-corrected chi connectivity index (χ4v) is 4.18. The summed E-state index contributed by atoms with van der Waals surface area (Å²) < 4.78 is 21.3. The Morgan fingerprint density at radius 1 is 0.525 bits per heavy atom. The Hall–Kier alpha value is -2.52. The minimum absolute atomic E-state index is 0.140. The molecule has 18 heteroatoms. The molecule has 0 radical (unpaired) electrons. The molecule has 0 saturated carbocycles. The third-order valence-corrected chi connectivity index (χ3v) is 6.57. The Labute approximate surface area is 225 Å². The van der Waals surface area contributed by atoms with Gasteiger partial charge in [0.05, 0.1) is 12.2 Å². The van der Waals surface area contributed by atoms with Crippen molar-refractivity contribution < 1.29 is 89.2 Å². The van der Waals surface area contributed by atoms with Crippen molar-refractivity contribution in [3.63, 3.8) is 0 Å². The summed E-state index contributed by atoms with van der Waals surface area (Å²) in [7, 11) is 0. The molecule has 0 spiro atoms. The maximum atomic E-state index is 11.1. The number of hydrogen-bond acceptors (Lipinski definition) is 14. The predicted molar refractivity (Wildman–Crippen MR) is 121 cm³/mol. The van der Waals surface area contributed by atoms with Crippen molar-refractivity contribution in [1.82, 2.24) is 0 Å². The van der Waals surface area contributed by atoms with Crippen LogP contribution >= 0.6 is 0 Å². The molecule has 40 heavy (non-hydrogen) atoms. The van der Waals surface area contributed by atoms with Gasteiger partial charge in [0.1, 0.15) is 36.6 Å². The fourth-order valence-electron chi connectivity index (χ4n) is 4.18. The summed E-state index contributed by atoms with van der Waals surface area (Å²) in [5.74, 6) is -10.7. The molecular formula is C22H34O18. The topological polar surface area (TPSA) is 308 Å². The molecule has 10 atom stereocenters. The molecule has 10 N–H and O–H groups in total. The van der Waals surface area contributed by atoms with Gasteiger partial charge >= 0.3 is 23.9 Å². The molecule has 0 amide bonds. The van der Waals surface area contributed by atoms with E-state index in [0.29, 0.717) is 0 Å². The zero-order valence-corrected chi connectivity index (χ0v) is 20.9.